The molecule has 1 aromatic rings. The van der Waals surface area contributed by atoms with Gasteiger partial charge in [0.05, 0.1) is 7.11 Å². The second-order valence-corrected chi connectivity index (χ2v) is 3.30. The second-order valence-electron chi connectivity index (χ2n) is 2.38. The summed E-state index contributed by atoms with van der Waals surface area (Å²) in [6, 6.07) is 5.63. The largest absolute Gasteiger partial charge is 0.496 e. The van der Waals surface area contributed by atoms with E-state index in [1.54, 1.807) is 13.2 Å². The molecule has 68 valence electrons. The predicted octanol–water partition coefficient (Wildman–Crippen LogP) is 2.67. The van der Waals surface area contributed by atoms with Crippen LogP contribution in [0.25, 0.3) is 6.08 Å². The first-order valence-corrected chi connectivity index (χ1v) is 4.52. The molecule has 0 radical (unpaired) electrons. The molecule has 13 heavy (non-hydrogen) atoms. The summed E-state index contributed by atoms with van der Waals surface area (Å²) in [5, 5.41) is 0. The molecule has 0 atom stereocenters. The van der Waals surface area contributed by atoms with Gasteiger partial charge in [0, 0.05) is 10.0 Å². The van der Waals surface area contributed by atoms with Gasteiger partial charge in [-0.05, 0) is 24.3 Å². The Morgan fingerprint density at radius 3 is 2.85 bits per heavy atom. The Balaban J connectivity index is 3.05. The molecule has 0 aromatic heterocycles. The number of carbonyl (C=O) groups excluding carboxylic acids is 1. The number of allylic oxidation sites excluding steroid dienone is 1. The summed E-state index contributed by atoms with van der Waals surface area (Å²) in [6.45, 7) is 0. The summed E-state index contributed by atoms with van der Waals surface area (Å²) in [5.74, 6) is 0.743. The van der Waals surface area contributed by atoms with E-state index in [2.05, 4.69) is 15.9 Å². The zero-order valence-electron chi connectivity index (χ0n) is 7.16. The molecule has 0 bridgehead atoms. The number of benzene rings is 1. The molecule has 0 heterocycles. The summed E-state index contributed by atoms with van der Waals surface area (Å²) in [7, 11) is 1.60. The summed E-state index contributed by atoms with van der Waals surface area (Å²) < 4.78 is 6.08. The van der Waals surface area contributed by atoms with Gasteiger partial charge in [0.1, 0.15) is 12.0 Å². The van der Waals surface area contributed by atoms with Crippen molar-refractivity contribution in [3.8, 4) is 5.75 Å². The van der Waals surface area contributed by atoms with E-state index in [1.807, 2.05) is 18.2 Å². The molecule has 0 fully saturated rings. The van der Waals surface area contributed by atoms with Crippen LogP contribution in [0.4, 0.5) is 0 Å². The van der Waals surface area contributed by atoms with Crippen molar-refractivity contribution in [2.75, 3.05) is 7.11 Å². The van der Waals surface area contributed by atoms with Gasteiger partial charge in [-0.25, -0.2) is 0 Å². The highest BCUT2D eigenvalue weighted by Gasteiger charge is 1.98. The third kappa shape index (κ3) is 2.70. The van der Waals surface area contributed by atoms with Gasteiger partial charge in [-0.3, -0.25) is 4.79 Å². The van der Waals surface area contributed by atoms with E-state index < -0.39 is 0 Å². The molecule has 0 aliphatic rings. The van der Waals surface area contributed by atoms with Gasteiger partial charge in [-0.2, -0.15) is 0 Å². The molecule has 0 aliphatic carbocycles. The predicted molar refractivity (Wildman–Crippen MR) is 55.8 cm³/mol. The Bertz CT molecular complexity index is 332. The molecule has 3 heteroatoms. The van der Waals surface area contributed by atoms with Crippen molar-refractivity contribution in [3.05, 3.63) is 34.3 Å². The van der Waals surface area contributed by atoms with Gasteiger partial charge in [-0.15, -0.1) is 0 Å². The summed E-state index contributed by atoms with van der Waals surface area (Å²) in [5.41, 5.74) is 0.887. The third-order valence-corrected chi connectivity index (χ3v) is 2.04. The SMILES string of the molecule is COc1cc(Br)ccc1C=CC=O. The normalized spacial score (nSPS) is 10.3. The Kier molecular flexibility index (Phi) is 3.71. The van der Waals surface area contributed by atoms with Gasteiger partial charge >= 0.3 is 0 Å². The number of ether oxygens (including phenoxy) is 1. The molecule has 1 rings (SSSR count). The van der Waals surface area contributed by atoms with E-state index in [1.165, 1.54) is 6.08 Å². The number of hydrogen-bond acceptors (Lipinski definition) is 2. The van der Waals surface area contributed by atoms with Crippen molar-refractivity contribution in [2.45, 2.75) is 0 Å². The third-order valence-electron chi connectivity index (χ3n) is 1.55. The standard InChI is InChI=1S/C10H9BrO2/c1-13-10-7-9(11)5-4-8(10)3-2-6-12/h2-7H,1H3. The van der Waals surface area contributed by atoms with Crippen LogP contribution in [-0.4, -0.2) is 13.4 Å². The number of carbonyl (C=O) groups is 1. The maximum atomic E-state index is 10.1. The van der Waals surface area contributed by atoms with E-state index in [4.69, 9.17) is 4.74 Å². The van der Waals surface area contributed by atoms with Crippen LogP contribution in [0, 0.1) is 0 Å². The Hall–Kier alpha value is -1.09. The van der Waals surface area contributed by atoms with E-state index in [-0.39, 0.29) is 0 Å². The van der Waals surface area contributed by atoms with Crippen molar-refractivity contribution >= 4 is 28.3 Å². The van der Waals surface area contributed by atoms with E-state index >= 15 is 0 Å². The second kappa shape index (κ2) is 4.82. The lowest BCUT2D eigenvalue weighted by atomic mass is 10.2. The highest BCUT2D eigenvalue weighted by atomic mass is 79.9. The monoisotopic (exact) mass is 240 g/mol. The minimum Gasteiger partial charge on any atom is -0.496 e. The molecule has 0 amide bonds. The smallest absolute Gasteiger partial charge is 0.142 e. The number of aldehydes is 1. The number of rotatable bonds is 3. The minimum atomic E-state index is 0.738. The van der Waals surface area contributed by atoms with Crippen molar-refractivity contribution in [3.63, 3.8) is 0 Å². The fourth-order valence-corrected chi connectivity index (χ4v) is 1.31. The van der Waals surface area contributed by atoms with Crippen molar-refractivity contribution in [1.29, 1.82) is 0 Å². The molecule has 0 N–H and O–H groups in total. The Morgan fingerprint density at radius 1 is 1.46 bits per heavy atom. The van der Waals surface area contributed by atoms with Crippen molar-refractivity contribution < 1.29 is 9.53 Å². The highest BCUT2D eigenvalue weighted by Crippen LogP contribution is 2.24. The van der Waals surface area contributed by atoms with Crippen LogP contribution in [0.3, 0.4) is 0 Å². The van der Waals surface area contributed by atoms with Crippen LogP contribution < -0.4 is 4.74 Å². The average Bonchev–Trinajstić information content (AvgIpc) is 2.16. The lowest BCUT2D eigenvalue weighted by Gasteiger charge is -2.04. The summed E-state index contributed by atoms with van der Waals surface area (Å²) in [4.78, 5) is 10.1. The molecule has 0 aliphatic heterocycles. The van der Waals surface area contributed by atoms with Gasteiger partial charge in [-0.1, -0.05) is 22.0 Å². The van der Waals surface area contributed by atoms with Crippen LogP contribution in [0.5, 0.6) is 5.75 Å². The maximum Gasteiger partial charge on any atom is 0.142 e. The van der Waals surface area contributed by atoms with Crippen LogP contribution in [0.15, 0.2) is 28.7 Å². The van der Waals surface area contributed by atoms with Crippen LogP contribution in [0.2, 0.25) is 0 Å². The lowest BCUT2D eigenvalue weighted by molar-refractivity contribution is -0.104. The number of hydrogen-bond donors (Lipinski definition) is 0. The van der Waals surface area contributed by atoms with Gasteiger partial charge in [0.15, 0.2) is 0 Å². The highest BCUT2D eigenvalue weighted by molar-refractivity contribution is 9.10. The van der Waals surface area contributed by atoms with E-state index in [0.717, 1.165) is 22.1 Å². The number of halogens is 1. The molecule has 0 unspecified atom stereocenters. The topological polar surface area (TPSA) is 26.3 Å². The molecule has 0 saturated carbocycles. The van der Waals surface area contributed by atoms with E-state index in [0.29, 0.717) is 0 Å². The fourth-order valence-electron chi connectivity index (χ4n) is 0.966. The molecular formula is C10H9BrO2. The van der Waals surface area contributed by atoms with Crippen molar-refractivity contribution in [1.82, 2.24) is 0 Å². The quantitative estimate of drug-likeness (QED) is 0.600. The minimum absolute atomic E-state index is 0.738. The summed E-state index contributed by atoms with van der Waals surface area (Å²) in [6.07, 6.45) is 3.88. The van der Waals surface area contributed by atoms with Crippen LogP contribution in [0.1, 0.15) is 5.56 Å². The van der Waals surface area contributed by atoms with Gasteiger partial charge in [0.25, 0.3) is 0 Å². The van der Waals surface area contributed by atoms with Gasteiger partial charge in [0.2, 0.25) is 0 Å². The lowest BCUT2D eigenvalue weighted by Crippen LogP contribution is -1.86. The van der Waals surface area contributed by atoms with Crippen molar-refractivity contribution in [2.24, 2.45) is 0 Å². The molecule has 2 nitrogen and oxygen atoms in total. The molecule has 0 saturated heterocycles. The molecular weight excluding hydrogens is 232 g/mol. The average molecular weight is 241 g/mol. The first-order valence-electron chi connectivity index (χ1n) is 3.73. The zero-order valence-corrected chi connectivity index (χ0v) is 8.74. The van der Waals surface area contributed by atoms with Gasteiger partial charge < -0.3 is 4.74 Å². The summed E-state index contributed by atoms with van der Waals surface area (Å²) >= 11 is 3.33. The Morgan fingerprint density at radius 2 is 2.23 bits per heavy atom. The van der Waals surface area contributed by atoms with Crippen LogP contribution in [-0.2, 0) is 4.79 Å². The number of methoxy groups -OCH3 is 1. The zero-order chi connectivity index (χ0) is 9.68. The fraction of sp³-hybridized carbons (Fsp3) is 0.100. The maximum absolute atomic E-state index is 10.1. The first kappa shape index (κ1) is 9.99. The van der Waals surface area contributed by atoms with Crippen LogP contribution >= 0.6 is 15.9 Å². The Labute approximate surface area is 85.3 Å². The van der Waals surface area contributed by atoms with E-state index in [9.17, 15) is 4.79 Å². The molecule has 0 spiro atoms. The molecule has 1 aromatic carbocycles. The first-order chi connectivity index (χ1) is 6.27.